The lowest BCUT2D eigenvalue weighted by molar-refractivity contribution is -0.143. The fourth-order valence-corrected chi connectivity index (χ4v) is 3.25. The molecule has 0 bridgehead atoms. The van der Waals surface area contributed by atoms with Crippen LogP contribution in [0.3, 0.4) is 0 Å². The van der Waals surface area contributed by atoms with E-state index in [1.54, 1.807) is 18.6 Å². The summed E-state index contributed by atoms with van der Waals surface area (Å²) in [4.78, 5) is 23.4. The van der Waals surface area contributed by atoms with Gasteiger partial charge in [-0.15, -0.1) is 11.3 Å². The van der Waals surface area contributed by atoms with Crippen LogP contribution in [0, 0.1) is 11.8 Å². The van der Waals surface area contributed by atoms with Crippen LogP contribution in [-0.2, 0) is 4.79 Å². The molecule has 0 radical (unpaired) electrons. The number of nitrogens with one attached hydrogen (secondary N) is 1. The zero-order chi connectivity index (χ0) is 14.5. The third-order valence-corrected chi connectivity index (χ3v) is 4.69. The van der Waals surface area contributed by atoms with Gasteiger partial charge < -0.3 is 15.2 Å². The normalized spacial score (nSPS) is 22.2. The Balaban J connectivity index is 1.75. The second-order valence-electron chi connectivity index (χ2n) is 5.12. The minimum atomic E-state index is -0.696. The average molecular weight is 297 g/mol. The number of hydrogen-bond acceptors (Lipinski definition) is 4. The van der Waals surface area contributed by atoms with Crippen molar-refractivity contribution < 1.29 is 19.4 Å². The third kappa shape index (κ3) is 3.72. The molecule has 0 unspecified atom stereocenters. The highest BCUT2D eigenvalue weighted by atomic mass is 32.1. The highest BCUT2D eigenvalue weighted by molar-refractivity contribution is 7.12. The van der Waals surface area contributed by atoms with E-state index in [2.05, 4.69) is 5.32 Å². The summed E-state index contributed by atoms with van der Waals surface area (Å²) < 4.78 is 5.05. The Labute approximate surface area is 121 Å². The number of rotatable bonds is 5. The Hall–Kier alpha value is -1.56. The lowest BCUT2D eigenvalue weighted by Crippen LogP contribution is -2.32. The van der Waals surface area contributed by atoms with Crippen molar-refractivity contribution in [2.75, 3.05) is 13.7 Å². The van der Waals surface area contributed by atoms with Crippen LogP contribution in [0.1, 0.15) is 35.4 Å². The summed E-state index contributed by atoms with van der Waals surface area (Å²) in [5.41, 5.74) is 0. The molecule has 110 valence electrons. The van der Waals surface area contributed by atoms with Crippen molar-refractivity contribution in [3.8, 4) is 5.75 Å². The third-order valence-electron chi connectivity index (χ3n) is 3.78. The molecule has 0 saturated heterocycles. The SMILES string of the molecule is COc1csc(C(=O)NCC2CCC(C(=O)O)CC2)c1. The van der Waals surface area contributed by atoms with E-state index in [1.807, 2.05) is 0 Å². The second-order valence-corrected chi connectivity index (χ2v) is 6.03. The number of hydrogen-bond donors (Lipinski definition) is 2. The number of carbonyl (C=O) groups is 2. The van der Waals surface area contributed by atoms with Crippen LogP contribution < -0.4 is 10.1 Å². The molecule has 0 spiro atoms. The first-order chi connectivity index (χ1) is 9.60. The van der Waals surface area contributed by atoms with E-state index < -0.39 is 5.97 Å². The zero-order valence-electron chi connectivity index (χ0n) is 11.4. The van der Waals surface area contributed by atoms with Crippen molar-refractivity contribution in [2.24, 2.45) is 11.8 Å². The van der Waals surface area contributed by atoms with Gasteiger partial charge in [-0.25, -0.2) is 0 Å². The average Bonchev–Trinajstić information content (AvgIpc) is 2.94. The van der Waals surface area contributed by atoms with Gasteiger partial charge in [0.1, 0.15) is 5.75 Å². The summed E-state index contributed by atoms with van der Waals surface area (Å²) in [6, 6.07) is 1.72. The molecule has 0 atom stereocenters. The van der Waals surface area contributed by atoms with E-state index in [1.165, 1.54) is 11.3 Å². The molecule has 1 saturated carbocycles. The molecular formula is C14H19NO4S. The van der Waals surface area contributed by atoms with Crippen LogP contribution in [0.25, 0.3) is 0 Å². The molecule has 1 aliphatic carbocycles. The summed E-state index contributed by atoms with van der Waals surface area (Å²) in [5, 5.41) is 13.7. The van der Waals surface area contributed by atoms with Gasteiger partial charge in [0, 0.05) is 18.0 Å². The summed E-state index contributed by atoms with van der Waals surface area (Å²) in [5.74, 6) is 0.0962. The molecule has 0 aromatic carbocycles. The number of carboxylic acids is 1. The predicted octanol–water partition coefficient (Wildman–Crippen LogP) is 2.38. The number of amides is 1. The Morgan fingerprint density at radius 2 is 2.10 bits per heavy atom. The first-order valence-corrected chi connectivity index (χ1v) is 7.61. The van der Waals surface area contributed by atoms with Crippen LogP contribution in [0.5, 0.6) is 5.75 Å². The highest BCUT2D eigenvalue weighted by Crippen LogP contribution is 2.28. The Morgan fingerprint density at radius 1 is 1.40 bits per heavy atom. The monoisotopic (exact) mass is 297 g/mol. The first-order valence-electron chi connectivity index (χ1n) is 6.73. The maximum Gasteiger partial charge on any atom is 0.306 e. The minimum Gasteiger partial charge on any atom is -0.496 e. The predicted molar refractivity (Wildman–Crippen MR) is 76.3 cm³/mol. The van der Waals surface area contributed by atoms with E-state index in [-0.39, 0.29) is 11.8 Å². The molecule has 2 N–H and O–H groups in total. The fourth-order valence-electron chi connectivity index (χ4n) is 2.48. The molecule has 5 nitrogen and oxygen atoms in total. The lowest BCUT2D eigenvalue weighted by Gasteiger charge is -2.26. The fraction of sp³-hybridized carbons (Fsp3) is 0.571. The summed E-state index contributed by atoms with van der Waals surface area (Å²) in [6.07, 6.45) is 3.15. The number of thiophene rings is 1. The van der Waals surface area contributed by atoms with Gasteiger partial charge in [0.05, 0.1) is 17.9 Å². The van der Waals surface area contributed by atoms with Crippen LogP contribution in [-0.4, -0.2) is 30.6 Å². The molecule has 2 rings (SSSR count). The standard InChI is InChI=1S/C14H19NO4S/c1-19-11-6-12(20-8-11)13(16)15-7-9-2-4-10(5-3-9)14(17)18/h6,8-10H,2-5,7H2,1H3,(H,15,16)(H,17,18). The molecule has 1 aromatic heterocycles. The maximum atomic E-state index is 11.9. The highest BCUT2D eigenvalue weighted by Gasteiger charge is 2.26. The summed E-state index contributed by atoms with van der Waals surface area (Å²) >= 11 is 1.36. The van der Waals surface area contributed by atoms with Crippen LogP contribution in [0.15, 0.2) is 11.4 Å². The van der Waals surface area contributed by atoms with Crippen molar-refractivity contribution in [2.45, 2.75) is 25.7 Å². The van der Waals surface area contributed by atoms with Gasteiger partial charge in [-0.2, -0.15) is 0 Å². The van der Waals surface area contributed by atoms with E-state index >= 15 is 0 Å². The van der Waals surface area contributed by atoms with Crippen LogP contribution in [0.2, 0.25) is 0 Å². The van der Waals surface area contributed by atoms with Crippen molar-refractivity contribution >= 4 is 23.2 Å². The molecule has 6 heteroatoms. The van der Waals surface area contributed by atoms with Crippen molar-refractivity contribution in [1.82, 2.24) is 5.32 Å². The number of carbonyl (C=O) groups excluding carboxylic acids is 1. The van der Waals surface area contributed by atoms with E-state index in [0.717, 1.165) is 12.8 Å². The quantitative estimate of drug-likeness (QED) is 0.875. The van der Waals surface area contributed by atoms with Gasteiger partial charge in [0.15, 0.2) is 0 Å². The number of methoxy groups -OCH3 is 1. The summed E-state index contributed by atoms with van der Waals surface area (Å²) in [6.45, 7) is 0.616. The lowest BCUT2D eigenvalue weighted by atomic mass is 9.82. The van der Waals surface area contributed by atoms with Crippen LogP contribution in [0.4, 0.5) is 0 Å². The second kappa shape index (κ2) is 6.74. The molecule has 20 heavy (non-hydrogen) atoms. The van der Waals surface area contributed by atoms with Gasteiger partial charge in [0.2, 0.25) is 0 Å². The molecule has 1 fully saturated rings. The number of aliphatic carboxylic acids is 1. The van der Waals surface area contributed by atoms with Gasteiger partial charge in [-0.1, -0.05) is 0 Å². The smallest absolute Gasteiger partial charge is 0.306 e. The zero-order valence-corrected chi connectivity index (χ0v) is 12.2. The van der Waals surface area contributed by atoms with Gasteiger partial charge in [0.25, 0.3) is 5.91 Å². The molecule has 1 aromatic rings. The van der Waals surface area contributed by atoms with Gasteiger partial charge in [-0.05, 0) is 31.6 Å². The molecule has 1 amide bonds. The van der Waals surface area contributed by atoms with Crippen molar-refractivity contribution in [3.63, 3.8) is 0 Å². The van der Waals surface area contributed by atoms with Gasteiger partial charge >= 0.3 is 5.97 Å². The molecule has 1 heterocycles. The molecule has 1 aliphatic rings. The topological polar surface area (TPSA) is 75.6 Å². The summed E-state index contributed by atoms with van der Waals surface area (Å²) in [7, 11) is 1.57. The number of ether oxygens (including phenoxy) is 1. The molecule has 0 aliphatic heterocycles. The largest absolute Gasteiger partial charge is 0.496 e. The number of carboxylic acid groups (broad SMARTS) is 1. The van der Waals surface area contributed by atoms with Crippen LogP contribution >= 0.6 is 11.3 Å². The Bertz CT molecular complexity index is 477. The molecular weight excluding hydrogens is 278 g/mol. The maximum absolute atomic E-state index is 11.9. The Morgan fingerprint density at radius 3 is 2.65 bits per heavy atom. The van der Waals surface area contributed by atoms with Gasteiger partial charge in [-0.3, -0.25) is 9.59 Å². The van der Waals surface area contributed by atoms with E-state index in [9.17, 15) is 9.59 Å². The minimum absolute atomic E-state index is 0.0846. The first kappa shape index (κ1) is 14.8. The van der Waals surface area contributed by atoms with Crippen molar-refractivity contribution in [3.05, 3.63) is 16.3 Å². The van der Waals surface area contributed by atoms with E-state index in [0.29, 0.717) is 35.9 Å². The van der Waals surface area contributed by atoms with Crippen molar-refractivity contribution in [1.29, 1.82) is 0 Å². The van der Waals surface area contributed by atoms with E-state index in [4.69, 9.17) is 9.84 Å². The Kier molecular flexibility index (Phi) is 5.00.